The van der Waals surface area contributed by atoms with Crippen LogP contribution in [0.1, 0.15) is 19.3 Å². The first-order chi connectivity index (χ1) is 6.70. The number of ether oxygens (including phenoxy) is 2. The van der Waals surface area contributed by atoms with Crippen LogP contribution < -0.4 is 0 Å². The minimum atomic E-state index is -0.810. The average Bonchev–Trinajstić information content (AvgIpc) is 2.22. The van der Waals surface area contributed by atoms with Crippen LogP contribution in [-0.2, 0) is 14.3 Å². The molecule has 0 aliphatic carbocycles. The summed E-state index contributed by atoms with van der Waals surface area (Å²) >= 11 is 0. The maximum atomic E-state index is 10.7. The first-order valence-electron chi connectivity index (χ1n) is 4.64. The molecule has 0 aromatic heterocycles. The number of hydrogen-bond donors (Lipinski definition) is 2. The maximum Gasteiger partial charge on any atom is 0.305 e. The molecular weight excluding hydrogens is 188 g/mol. The van der Waals surface area contributed by atoms with E-state index in [-0.39, 0.29) is 19.2 Å². The lowest BCUT2D eigenvalue weighted by molar-refractivity contribution is -0.140. The highest BCUT2D eigenvalue weighted by molar-refractivity contribution is 5.68. The topological polar surface area (TPSA) is 76.0 Å². The lowest BCUT2D eigenvalue weighted by atomic mass is 10.2. The number of carbonyl (C=O) groups is 1. The molecule has 0 amide bonds. The monoisotopic (exact) mass is 206 g/mol. The van der Waals surface area contributed by atoms with Crippen molar-refractivity contribution in [2.75, 3.05) is 26.9 Å². The van der Waals surface area contributed by atoms with Gasteiger partial charge in [0.05, 0.1) is 20.3 Å². The van der Waals surface area contributed by atoms with Gasteiger partial charge in [-0.3, -0.25) is 4.79 Å². The highest BCUT2D eigenvalue weighted by atomic mass is 16.5. The van der Waals surface area contributed by atoms with E-state index in [0.717, 1.165) is 6.42 Å². The molecule has 5 nitrogen and oxygen atoms in total. The molecule has 2 N–H and O–H groups in total. The molecule has 0 spiro atoms. The zero-order valence-corrected chi connectivity index (χ0v) is 8.44. The molecule has 84 valence electrons. The van der Waals surface area contributed by atoms with E-state index in [2.05, 4.69) is 4.74 Å². The highest BCUT2D eigenvalue weighted by Gasteiger charge is 2.02. The number of methoxy groups -OCH3 is 1. The molecule has 0 heterocycles. The van der Waals surface area contributed by atoms with Gasteiger partial charge >= 0.3 is 5.97 Å². The van der Waals surface area contributed by atoms with Gasteiger partial charge in [-0.25, -0.2) is 0 Å². The van der Waals surface area contributed by atoms with Crippen LogP contribution in [0.25, 0.3) is 0 Å². The molecule has 0 aliphatic rings. The molecule has 0 saturated carbocycles. The summed E-state index contributed by atoms with van der Waals surface area (Å²) in [6, 6.07) is 0. The van der Waals surface area contributed by atoms with E-state index < -0.39 is 6.10 Å². The van der Waals surface area contributed by atoms with Crippen LogP contribution in [-0.4, -0.2) is 49.2 Å². The molecule has 0 radical (unpaired) electrons. The van der Waals surface area contributed by atoms with E-state index in [4.69, 9.17) is 14.9 Å². The molecular formula is C9H18O5. The largest absolute Gasteiger partial charge is 0.469 e. The maximum absolute atomic E-state index is 10.7. The lowest BCUT2D eigenvalue weighted by Crippen LogP contribution is -2.19. The first kappa shape index (κ1) is 13.4. The third-order valence-corrected chi connectivity index (χ3v) is 1.67. The highest BCUT2D eigenvalue weighted by Crippen LogP contribution is 1.97. The molecule has 14 heavy (non-hydrogen) atoms. The Bertz CT molecular complexity index is 148. The predicted molar refractivity (Wildman–Crippen MR) is 49.8 cm³/mol. The van der Waals surface area contributed by atoms with Crippen molar-refractivity contribution in [2.45, 2.75) is 25.4 Å². The molecule has 0 aliphatic heterocycles. The second kappa shape index (κ2) is 8.93. The zero-order chi connectivity index (χ0) is 10.8. The zero-order valence-electron chi connectivity index (χ0n) is 8.44. The first-order valence-corrected chi connectivity index (χ1v) is 4.64. The van der Waals surface area contributed by atoms with E-state index >= 15 is 0 Å². The minimum absolute atomic E-state index is 0.134. The molecule has 0 fully saturated rings. The van der Waals surface area contributed by atoms with Crippen LogP contribution in [0, 0.1) is 0 Å². The van der Waals surface area contributed by atoms with Crippen molar-refractivity contribution in [1.29, 1.82) is 0 Å². The fraction of sp³-hybridized carbons (Fsp3) is 0.889. The number of aliphatic hydroxyl groups is 2. The van der Waals surface area contributed by atoms with E-state index in [1.165, 1.54) is 7.11 Å². The summed E-state index contributed by atoms with van der Waals surface area (Å²) in [6.07, 6.45) is 1.04. The molecule has 5 heteroatoms. The van der Waals surface area contributed by atoms with E-state index in [0.29, 0.717) is 19.4 Å². The Kier molecular flexibility index (Phi) is 8.51. The minimum Gasteiger partial charge on any atom is -0.469 e. The van der Waals surface area contributed by atoms with Crippen LogP contribution in [0.4, 0.5) is 0 Å². The second-order valence-corrected chi connectivity index (χ2v) is 2.94. The Morgan fingerprint density at radius 3 is 2.71 bits per heavy atom. The molecule has 1 unspecified atom stereocenters. The van der Waals surface area contributed by atoms with Crippen molar-refractivity contribution in [3.05, 3.63) is 0 Å². The van der Waals surface area contributed by atoms with Crippen molar-refractivity contribution in [1.82, 2.24) is 0 Å². The summed E-state index contributed by atoms with van der Waals surface area (Å²) in [6.45, 7) is 0.324. The van der Waals surface area contributed by atoms with Gasteiger partial charge < -0.3 is 19.7 Å². The van der Waals surface area contributed by atoms with Crippen LogP contribution in [0.2, 0.25) is 0 Å². The molecule has 0 saturated heterocycles. The third kappa shape index (κ3) is 7.97. The smallest absolute Gasteiger partial charge is 0.305 e. The number of carbonyl (C=O) groups excluding carboxylic acids is 1. The number of aliphatic hydroxyl groups excluding tert-OH is 2. The van der Waals surface area contributed by atoms with Crippen molar-refractivity contribution < 1.29 is 24.5 Å². The molecule has 1 atom stereocenters. The molecule has 0 aromatic carbocycles. The van der Waals surface area contributed by atoms with Crippen molar-refractivity contribution >= 4 is 5.97 Å². The summed E-state index contributed by atoms with van der Waals surface area (Å²) in [5, 5.41) is 17.3. The van der Waals surface area contributed by atoms with Crippen LogP contribution in [0.15, 0.2) is 0 Å². The number of hydrogen-bond acceptors (Lipinski definition) is 5. The summed E-state index contributed by atoms with van der Waals surface area (Å²) in [4.78, 5) is 10.7. The quantitative estimate of drug-likeness (QED) is 0.421. The second-order valence-electron chi connectivity index (χ2n) is 2.94. The van der Waals surface area contributed by atoms with Crippen molar-refractivity contribution in [3.63, 3.8) is 0 Å². The van der Waals surface area contributed by atoms with E-state index in [9.17, 15) is 4.79 Å². The average molecular weight is 206 g/mol. The van der Waals surface area contributed by atoms with Gasteiger partial charge in [0.15, 0.2) is 0 Å². The van der Waals surface area contributed by atoms with Crippen molar-refractivity contribution in [2.24, 2.45) is 0 Å². The molecule has 0 bridgehead atoms. The van der Waals surface area contributed by atoms with Crippen molar-refractivity contribution in [3.8, 4) is 0 Å². The Hall–Kier alpha value is -0.650. The van der Waals surface area contributed by atoms with E-state index in [1.807, 2.05) is 0 Å². The predicted octanol–water partition coefficient (Wildman–Crippen LogP) is -0.300. The fourth-order valence-electron chi connectivity index (χ4n) is 0.848. The van der Waals surface area contributed by atoms with Gasteiger partial charge in [-0.2, -0.15) is 0 Å². The standard InChI is InChI=1S/C9H18O5/c1-13-9(12)4-2-3-5-14-7-8(11)6-10/h8,10-11H,2-7H2,1H3. The Morgan fingerprint density at radius 1 is 1.43 bits per heavy atom. The summed E-state index contributed by atoms with van der Waals surface area (Å²) in [7, 11) is 1.36. The van der Waals surface area contributed by atoms with Gasteiger partial charge in [-0.05, 0) is 12.8 Å². The van der Waals surface area contributed by atoms with E-state index in [1.54, 1.807) is 0 Å². The lowest BCUT2D eigenvalue weighted by Gasteiger charge is -2.07. The number of unbranched alkanes of at least 4 members (excludes halogenated alkanes) is 1. The number of esters is 1. The fourth-order valence-corrected chi connectivity index (χ4v) is 0.848. The van der Waals surface area contributed by atoms with Gasteiger partial charge in [0.2, 0.25) is 0 Å². The van der Waals surface area contributed by atoms with Gasteiger partial charge in [0, 0.05) is 13.0 Å². The summed E-state index contributed by atoms with van der Waals surface area (Å²) < 4.78 is 9.50. The normalized spacial score (nSPS) is 12.5. The molecule has 0 aromatic rings. The Morgan fingerprint density at radius 2 is 2.14 bits per heavy atom. The van der Waals surface area contributed by atoms with Gasteiger partial charge in [0.25, 0.3) is 0 Å². The van der Waals surface area contributed by atoms with Gasteiger partial charge in [-0.15, -0.1) is 0 Å². The Labute approximate surface area is 83.6 Å². The summed E-state index contributed by atoms with van der Waals surface area (Å²) in [5.41, 5.74) is 0. The van der Waals surface area contributed by atoms with Crippen LogP contribution in [0.3, 0.4) is 0 Å². The van der Waals surface area contributed by atoms with Gasteiger partial charge in [-0.1, -0.05) is 0 Å². The Balaban J connectivity index is 3.10. The summed E-state index contributed by atoms with van der Waals surface area (Å²) in [5.74, 6) is -0.222. The SMILES string of the molecule is COC(=O)CCCCOCC(O)CO. The van der Waals surface area contributed by atoms with Gasteiger partial charge in [0.1, 0.15) is 6.10 Å². The third-order valence-electron chi connectivity index (χ3n) is 1.67. The van der Waals surface area contributed by atoms with Crippen LogP contribution in [0.5, 0.6) is 0 Å². The van der Waals surface area contributed by atoms with Crippen LogP contribution >= 0.6 is 0 Å². The molecule has 0 rings (SSSR count). The number of rotatable bonds is 8.